The Bertz CT molecular complexity index is 1370. The van der Waals surface area contributed by atoms with E-state index in [0.29, 0.717) is 30.3 Å². The summed E-state index contributed by atoms with van der Waals surface area (Å²) in [5, 5.41) is 4.12. The summed E-state index contributed by atoms with van der Waals surface area (Å²) in [4.78, 5) is 41.0. The summed E-state index contributed by atoms with van der Waals surface area (Å²) in [6, 6.07) is 8.30. The third kappa shape index (κ3) is 3.42. The molecule has 2 aromatic carbocycles. The lowest BCUT2D eigenvalue weighted by atomic mass is 10.0. The van der Waals surface area contributed by atoms with E-state index in [1.807, 2.05) is 13.0 Å². The van der Waals surface area contributed by atoms with Gasteiger partial charge in [-0.2, -0.15) is 5.10 Å². The van der Waals surface area contributed by atoms with Crippen LogP contribution in [0.3, 0.4) is 0 Å². The van der Waals surface area contributed by atoms with Crippen LogP contribution in [0.25, 0.3) is 5.69 Å². The molecule has 1 aromatic heterocycles. The van der Waals surface area contributed by atoms with Crippen molar-refractivity contribution in [1.29, 1.82) is 0 Å². The Labute approximate surface area is 193 Å². The molecule has 5 rings (SSSR count). The zero-order valence-electron chi connectivity index (χ0n) is 18.3. The van der Waals surface area contributed by atoms with Crippen molar-refractivity contribution in [1.82, 2.24) is 9.78 Å². The highest BCUT2D eigenvalue weighted by Crippen LogP contribution is 2.33. The predicted molar refractivity (Wildman–Crippen MR) is 120 cm³/mol. The second-order valence-corrected chi connectivity index (χ2v) is 8.37. The van der Waals surface area contributed by atoms with Crippen LogP contribution in [0.2, 0.25) is 0 Å². The highest BCUT2D eigenvalue weighted by Gasteiger charge is 2.36. The zero-order chi connectivity index (χ0) is 24.1. The first-order chi connectivity index (χ1) is 16.3. The molecule has 3 heterocycles. The monoisotopic (exact) mass is 465 g/mol. The number of nitrogens with zero attached hydrogens (tertiary/aromatic N) is 4. The second-order valence-electron chi connectivity index (χ2n) is 8.37. The maximum absolute atomic E-state index is 14.6. The summed E-state index contributed by atoms with van der Waals surface area (Å²) >= 11 is 0. The van der Waals surface area contributed by atoms with E-state index in [-0.39, 0.29) is 35.9 Å². The van der Waals surface area contributed by atoms with Crippen molar-refractivity contribution in [3.05, 3.63) is 70.5 Å². The van der Waals surface area contributed by atoms with Crippen molar-refractivity contribution in [2.75, 3.05) is 22.9 Å². The van der Waals surface area contributed by atoms with Crippen LogP contribution >= 0.6 is 0 Å². The van der Waals surface area contributed by atoms with E-state index in [4.69, 9.17) is 5.73 Å². The van der Waals surface area contributed by atoms with Gasteiger partial charge in [-0.25, -0.2) is 13.5 Å². The minimum absolute atomic E-state index is 0.00348. The summed E-state index contributed by atoms with van der Waals surface area (Å²) in [5.41, 5.74) is 7.69. The second kappa shape index (κ2) is 8.05. The van der Waals surface area contributed by atoms with Gasteiger partial charge in [0.15, 0.2) is 11.5 Å². The van der Waals surface area contributed by atoms with E-state index in [1.165, 1.54) is 4.90 Å². The number of hydrogen-bond acceptors (Lipinski definition) is 4. The van der Waals surface area contributed by atoms with Gasteiger partial charge in [-0.05, 0) is 55.7 Å². The minimum Gasteiger partial charge on any atom is -0.364 e. The first-order valence-corrected chi connectivity index (χ1v) is 10.9. The molecule has 3 amide bonds. The number of carbonyl (C=O) groups is 3. The van der Waals surface area contributed by atoms with E-state index in [0.717, 1.165) is 34.5 Å². The van der Waals surface area contributed by atoms with E-state index in [2.05, 4.69) is 5.10 Å². The smallest absolute Gasteiger partial charge is 0.277 e. The van der Waals surface area contributed by atoms with Crippen molar-refractivity contribution >= 4 is 29.1 Å². The maximum Gasteiger partial charge on any atom is 0.277 e. The summed E-state index contributed by atoms with van der Waals surface area (Å²) in [6.45, 7) is 2.75. The average Bonchev–Trinajstić information content (AvgIpc) is 3.39. The Morgan fingerprint density at radius 1 is 1.00 bits per heavy atom. The molecular formula is C24H21F2N5O3. The Hall–Kier alpha value is -4.08. The lowest BCUT2D eigenvalue weighted by Gasteiger charge is -2.29. The van der Waals surface area contributed by atoms with Crippen LogP contribution in [0.1, 0.15) is 44.9 Å². The Kier molecular flexibility index (Phi) is 5.15. The van der Waals surface area contributed by atoms with E-state index in [9.17, 15) is 23.2 Å². The summed E-state index contributed by atoms with van der Waals surface area (Å²) in [6.07, 6.45) is 1.59. The molecule has 2 aliphatic heterocycles. The van der Waals surface area contributed by atoms with Gasteiger partial charge >= 0.3 is 0 Å². The highest BCUT2D eigenvalue weighted by atomic mass is 19.1. The molecule has 10 heteroatoms. The number of amides is 3. The number of rotatable bonds is 4. The van der Waals surface area contributed by atoms with Gasteiger partial charge in [-0.15, -0.1) is 0 Å². The molecule has 34 heavy (non-hydrogen) atoms. The standard InChI is InChI=1S/C24H21F2N5O3/c1-13-11-15(29-9-2-3-20(29)32)5-7-18(13)30-10-8-16-21(23(27)33)28-31(22(16)24(30)34)19-6-4-14(25)12-17(19)26/h4-7,11-12H,2-3,8-10H2,1H3,(H2,27,33). The molecule has 2 N–H and O–H groups in total. The van der Waals surface area contributed by atoms with Crippen LogP contribution in [-0.4, -0.2) is 40.6 Å². The highest BCUT2D eigenvalue weighted by molar-refractivity contribution is 6.10. The van der Waals surface area contributed by atoms with Crippen LogP contribution in [0, 0.1) is 18.6 Å². The molecule has 0 aliphatic carbocycles. The van der Waals surface area contributed by atoms with Crippen molar-refractivity contribution in [3.8, 4) is 5.69 Å². The first-order valence-electron chi connectivity index (χ1n) is 10.9. The van der Waals surface area contributed by atoms with Gasteiger partial charge in [0.2, 0.25) is 5.91 Å². The van der Waals surface area contributed by atoms with Gasteiger partial charge in [0.1, 0.15) is 17.2 Å². The quantitative estimate of drug-likeness (QED) is 0.640. The molecule has 8 nitrogen and oxygen atoms in total. The Balaban J connectivity index is 1.57. The fourth-order valence-corrected chi connectivity index (χ4v) is 4.65. The normalized spacial score (nSPS) is 15.7. The van der Waals surface area contributed by atoms with Gasteiger partial charge in [-0.3, -0.25) is 14.4 Å². The summed E-state index contributed by atoms with van der Waals surface area (Å²) in [7, 11) is 0. The number of nitrogens with two attached hydrogens (primary N) is 1. The Morgan fingerprint density at radius 3 is 2.41 bits per heavy atom. The van der Waals surface area contributed by atoms with Crippen molar-refractivity contribution in [2.24, 2.45) is 5.73 Å². The van der Waals surface area contributed by atoms with Crippen LogP contribution in [0.5, 0.6) is 0 Å². The number of carbonyl (C=O) groups excluding carboxylic acids is 3. The molecule has 0 saturated carbocycles. The largest absolute Gasteiger partial charge is 0.364 e. The number of aryl methyl sites for hydroxylation is 1. The van der Waals surface area contributed by atoms with E-state index >= 15 is 0 Å². The van der Waals surface area contributed by atoms with Crippen LogP contribution < -0.4 is 15.5 Å². The molecule has 0 radical (unpaired) electrons. The van der Waals surface area contributed by atoms with Crippen molar-refractivity contribution in [3.63, 3.8) is 0 Å². The molecule has 2 aliphatic rings. The van der Waals surface area contributed by atoms with Crippen LogP contribution in [0.4, 0.5) is 20.2 Å². The van der Waals surface area contributed by atoms with Crippen molar-refractivity contribution in [2.45, 2.75) is 26.2 Å². The first kappa shape index (κ1) is 21.7. The maximum atomic E-state index is 14.6. The molecule has 1 fully saturated rings. The molecule has 0 atom stereocenters. The number of hydrogen-bond donors (Lipinski definition) is 1. The van der Waals surface area contributed by atoms with Gasteiger partial charge in [0.25, 0.3) is 11.8 Å². The molecule has 0 unspecified atom stereocenters. The summed E-state index contributed by atoms with van der Waals surface area (Å²) < 4.78 is 29.1. The number of anilines is 2. The van der Waals surface area contributed by atoms with E-state index < -0.39 is 23.4 Å². The van der Waals surface area contributed by atoms with Gasteiger partial charge < -0.3 is 15.5 Å². The third-order valence-corrected chi connectivity index (χ3v) is 6.24. The fourth-order valence-electron chi connectivity index (χ4n) is 4.65. The van der Waals surface area contributed by atoms with Gasteiger partial charge in [0.05, 0.1) is 0 Å². The van der Waals surface area contributed by atoms with Crippen LogP contribution in [0.15, 0.2) is 36.4 Å². The van der Waals surface area contributed by atoms with Gasteiger partial charge in [-0.1, -0.05) is 0 Å². The number of primary amides is 1. The number of benzene rings is 2. The van der Waals surface area contributed by atoms with E-state index in [1.54, 1.807) is 17.0 Å². The lowest BCUT2D eigenvalue weighted by molar-refractivity contribution is -0.117. The van der Waals surface area contributed by atoms with Crippen molar-refractivity contribution < 1.29 is 23.2 Å². The van der Waals surface area contributed by atoms with Crippen LogP contribution in [-0.2, 0) is 11.2 Å². The number of halogens is 2. The molecule has 174 valence electrons. The lowest BCUT2D eigenvalue weighted by Crippen LogP contribution is -2.39. The number of aromatic nitrogens is 2. The summed E-state index contributed by atoms with van der Waals surface area (Å²) in [5.74, 6) is -2.97. The Morgan fingerprint density at radius 2 is 1.76 bits per heavy atom. The number of fused-ring (bicyclic) bond motifs is 1. The predicted octanol–water partition coefficient (Wildman–Crippen LogP) is 2.89. The minimum atomic E-state index is -0.929. The molecule has 0 spiro atoms. The molecule has 0 bridgehead atoms. The zero-order valence-corrected chi connectivity index (χ0v) is 18.3. The topological polar surface area (TPSA) is 102 Å². The molecule has 1 saturated heterocycles. The average molecular weight is 465 g/mol. The SMILES string of the molecule is Cc1cc(N2CCCC2=O)ccc1N1CCc2c(C(N)=O)nn(-c3ccc(F)cc3F)c2C1=O. The molecule has 3 aromatic rings. The fraction of sp³-hybridized carbons (Fsp3) is 0.250. The van der Waals surface area contributed by atoms with Gasteiger partial charge in [0, 0.05) is 42.5 Å². The molecular weight excluding hydrogens is 444 g/mol. The third-order valence-electron chi connectivity index (χ3n) is 6.24.